The Labute approximate surface area is 199 Å². The molecule has 3 heterocycles. The zero-order chi connectivity index (χ0) is 23.5. The summed E-state index contributed by atoms with van der Waals surface area (Å²) in [6.07, 6.45) is 3.01. The van der Waals surface area contributed by atoms with E-state index in [1.807, 2.05) is 24.3 Å². The summed E-state index contributed by atoms with van der Waals surface area (Å²) in [4.78, 5) is 43.6. The SMILES string of the molecule is Cc1c(Cl)cnc(NC(=O)COC(=O)[C@@H]2Cc3ccccc3CN2C(=O)c2ccco2)c1Cl. The molecule has 0 fully saturated rings. The number of ether oxygens (including phenoxy) is 1. The van der Waals surface area contributed by atoms with Crippen LogP contribution in [0.25, 0.3) is 0 Å². The summed E-state index contributed by atoms with van der Waals surface area (Å²) in [6, 6.07) is 9.75. The smallest absolute Gasteiger partial charge is 0.329 e. The molecule has 1 aromatic carbocycles. The number of furan rings is 1. The lowest BCUT2D eigenvalue weighted by atomic mass is 9.93. The number of carbonyl (C=O) groups is 3. The van der Waals surface area contributed by atoms with Crippen molar-refractivity contribution in [3.63, 3.8) is 0 Å². The van der Waals surface area contributed by atoms with E-state index in [9.17, 15) is 14.4 Å². The molecule has 0 unspecified atom stereocenters. The molecule has 0 spiro atoms. The molecule has 1 aliphatic rings. The van der Waals surface area contributed by atoms with Crippen molar-refractivity contribution in [3.8, 4) is 0 Å². The molecular weight excluding hydrogens is 469 g/mol. The normalized spacial score (nSPS) is 15.0. The Bertz CT molecular complexity index is 1210. The highest BCUT2D eigenvalue weighted by molar-refractivity contribution is 6.37. The monoisotopic (exact) mass is 487 g/mol. The van der Waals surface area contributed by atoms with Crippen molar-refractivity contribution in [2.75, 3.05) is 11.9 Å². The second-order valence-corrected chi connectivity index (χ2v) is 8.23. The van der Waals surface area contributed by atoms with Gasteiger partial charge in [0.05, 0.1) is 16.3 Å². The summed E-state index contributed by atoms with van der Waals surface area (Å²) in [7, 11) is 0. The van der Waals surface area contributed by atoms with Gasteiger partial charge >= 0.3 is 5.97 Å². The number of fused-ring (bicyclic) bond motifs is 1. The van der Waals surface area contributed by atoms with Crippen LogP contribution in [0, 0.1) is 6.92 Å². The fourth-order valence-electron chi connectivity index (χ4n) is 3.53. The first-order chi connectivity index (χ1) is 15.8. The molecule has 10 heteroatoms. The molecule has 0 radical (unpaired) electrons. The van der Waals surface area contributed by atoms with Crippen molar-refractivity contribution in [3.05, 3.63) is 81.4 Å². The molecule has 0 saturated heterocycles. The summed E-state index contributed by atoms with van der Waals surface area (Å²) in [6.45, 7) is 1.33. The summed E-state index contributed by atoms with van der Waals surface area (Å²) in [5.74, 6) is -1.54. The zero-order valence-corrected chi connectivity index (χ0v) is 19.0. The third-order valence-electron chi connectivity index (χ3n) is 5.32. The van der Waals surface area contributed by atoms with Crippen LogP contribution < -0.4 is 5.32 Å². The predicted octanol–water partition coefficient (Wildman–Crippen LogP) is 4.04. The second kappa shape index (κ2) is 9.64. The third kappa shape index (κ3) is 4.86. The Kier molecular flexibility index (Phi) is 6.67. The van der Waals surface area contributed by atoms with Crippen LogP contribution in [0.15, 0.2) is 53.3 Å². The number of rotatable bonds is 5. The number of halogens is 2. The number of nitrogens with one attached hydrogen (secondary N) is 1. The number of esters is 1. The molecule has 1 aliphatic heterocycles. The molecule has 0 aliphatic carbocycles. The highest BCUT2D eigenvalue weighted by atomic mass is 35.5. The van der Waals surface area contributed by atoms with Gasteiger partial charge in [-0.2, -0.15) is 0 Å². The number of benzene rings is 1. The van der Waals surface area contributed by atoms with Crippen molar-refractivity contribution in [1.82, 2.24) is 9.88 Å². The number of anilines is 1. The first kappa shape index (κ1) is 22.8. The maximum absolute atomic E-state index is 13.0. The molecular formula is C23H19Cl2N3O5. The number of hydrogen-bond donors (Lipinski definition) is 1. The first-order valence-corrected chi connectivity index (χ1v) is 10.8. The van der Waals surface area contributed by atoms with E-state index in [-0.39, 0.29) is 29.6 Å². The topological polar surface area (TPSA) is 102 Å². The molecule has 3 aromatic rings. The van der Waals surface area contributed by atoms with E-state index in [0.717, 1.165) is 11.1 Å². The van der Waals surface area contributed by atoms with Crippen LogP contribution >= 0.6 is 23.2 Å². The minimum atomic E-state index is -0.912. The van der Waals surface area contributed by atoms with Crippen molar-refractivity contribution in [2.24, 2.45) is 0 Å². The quantitative estimate of drug-likeness (QED) is 0.544. The Morgan fingerprint density at radius 2 is 1.94 bits per heavy atom. The first-order valence-electron chi connectivity index (χ1n) is 10.0. The van der Waals surface area contributed by atoms with Gasteiger partial charge in [-0.15, -0.1) is 0 Å². The van der Waals surface area contributed by atoms with Crippen molar-refractivity contribution in [2.45, 2.75) is 25.9 Å². The number of carbonyl (C=O) groups excluding carboxylic acids is 3. The van der Waals surface area contributed by atoms with Crippen LogP contribution in [0.2, 0.25) is 10.0 Å². The molecule has 4 rings (SSSR count). The second-order valence-electron chi connectivity index (χ2n) is 7.45. The predicted molar refractivity (Wildman–Crippen MR) is 121 cm³/mol. The van der Waals surface area contributed by atoms with Gasteiger partial charge in [0, 0.05) is 19.2 Å². The van der Waals surface area contributed by atoms with E-state index in [0.29, 0.717) is 10.6 Å². The molecule has 33 heavy (non-hydrogen) atoms. The number of hydrogen-bond acceptors (Lipinski definition) is 6. The van der Waals surface area contributed by atoms with Crippen molar-refractivity contribution < 1.29 is 23.5 Å². The Balaban J connectivity index is 1.46. The highest BCUT2D eigenvalue weighted by Crippen LogP contribution is 2.29. The molecule has 1 atom stereocenters. The van der Waals surface area contributed by atoms with Crippen molar-refractivity contribution in [1.29, 1.82) is 0 Å². The van der Waals surface area contributed by atoms with Gasteiger partial charge in [0.25, 0.3) is 11.8 Å². The van der Waals surface area contributed by atoms with Gasteiger partial charge in [-0.25, -0.2) is 9.78 Å². The summed E-state index contributed by atoms with van der Waals surface area (Å²) < 4.78 is 10.5. The Morgan fingerprint density at radius 3 is 2.67 bits per heavy atom. The van der Waals surface area contributed by atoms with Gasteiger partial charge in [0.1, 0.15) is 6.04 Å². The van der Waals surface area contributed by atoms with E-state index in [4.69, 9.17) is 32.4 Å². The van der Waals surface area contributed by atoms with E-state index in [2.05, 4.69) is 10.3 Å². The largest absolute Gasteiger partial charge is 0.459 e. The molecule has 170 valence electrons. The number of amides is 2. The summed E-state index contributed by atoms with van der Waals surface area (Å²) in [5.41, 5.74) is 2.42. The maximum atomic E-state index is 13.0. The highest BCUT2D eigenvalue weighted by Gasteiger charge is 2.37. The molecule has 2 amide bonds. The van der Waals surface area contributed by atoms with Gasteiger partial charge in [0.15, 0.2) is 18.2 Å². The Morgan fingerprint density at radius 1 is 1.18 bits per heavy atom. The molecule has 2 aromatic heterocycles. The lowest BCUT2D eigenvalue weighted by molar-refractivity contribution is -0.152. The average Bonchev–Trinajstić information content (AvgIpc) is 3.36. The molecule has 0 saturated carbocycles. The minimum Gasteiger partial charge on any atom is -0.459 e. The van der Waals surface area contributed by atoms with Crippen LogP contribution in [0.5, 0.6) is 0 Å². The van der Waals surface area contributed by atoms with E-state index < -0.39 is 30.4 Å². The van der Waals surface area contributed by atoms with Crippen LogP contribution in [-0.2, 0) is 27.3 Å². The fraction of sp³-hybridized carbons (Fsp3) is 0.217. The standard InChI is InChI=1S/C23H19Cl2N3O5/c1-13-16(24)10-26-21(20(13)25)27-19(29)12-33-23(31)17-9-14-5-2-3-6-15(14)11-28(17)22(30)18-7-4-8-32-18/h2-8,10,17H,9,11-12H2,1H3,(H,26,27,29)/t17-/m0/s1. The van der Waals surface area contributed by atoms with Gasteiger partial charge < -0.3 is 19.4 Å². The fourth-order valence-corrected chi connectivity index (χ4v) is 3.92. The number of pyridine rings is 1. The van der Waals surface area contributed by atoms with Gasteiger partial charge in [-0.05, 0) is 35.7 Å². The van der Waals surface area contributed by atoms with Crippen LogP contribution in [0.4, 0.5) is 5.82 Å². The number of nitrogens with zero attached hydrogens (tertiary/aromatic N) is 2. The lowest BCUT2D eigenvalue weighted by Gasteiger charge is -2.34. The van der Waals surface area contributed by atoms with E-state index >= 15 is 0 Å². The van der Waals surface area contributed by atoms with Crippen LogP contribution in [0.1, 0.15) is 27.2 Å². The summed E-state index contributed by atoms with van der Waals surface area (Å²) >= 11 is 12.1. The van der Waals surface area contributed by atoms with Gasteiger partial charge in [-0.1, -0.05) is 47.5 Å². The van der Waals surface area contributed by atoms with Crippen LogP contribution in [-0.4, -0.2) is 40.3 Å². The lowest BCUT2D eigenvalue weighted by Crippen LogP contribution is -2.49. The van der Waals surface area contributed by atoms with Crippen molar-refractivity contribution >= 4 is 46.8 Å². The van der Waals surface area contributed by atoms with E-state index in [1.54, 1.807) is 13.0 Å². The minimum absolute atomic E-state index is 0.112. The number of aromatic nitrogens is 1. The summed E-state index contributed by atoms with van der Waals surface area (Å²) in [5, 5.41) is 3.05. The van der Waals surface area contributed by atoms with Gasteiger partial charge in [0.2, 0.25) is 0 Å². The maximum Gasteiger partial charge on any atom is 0.329 e. The Hall–Kier alpha value is -3.36. The van der Waals surface area contributed by atoms with Crippen LogP contribution in [0.3, 0.4) is 0 Å². The van der Waals surface area contributed by atoms with E-state index in [1.165, 1.54) is 23.4 Å². The zero-order valence-electron chi connectivity index (χ0n) is 17.5. The average molecular weight is 488 g/mol. The molecule has 8 nitrogen and oxygen atoms in total. The third-order valence-corrected chi connectivity index (χ3v) is 6.16. The molecule has 1 N–H and O–H groups in total. The van der Waals surface area contributed by atoms with Gasteiger partial charge in [-0.3, -0.25) is 9.59 Å². The molecule has 0 bridgehead atoms.